The van der Waals surface area contributed by atoms with Crippen LogP contribution in [0.3, 0.4) is 0 Å². The van der Waals surface area contributed by atoms with E-state index in [0.29, 0.717) is 21.9 Å². The molecule has 0 saturated carbocycles. The van der Waals surface area contributed by atoms with Gasteiger partial charge in [-0.2, -0.15) is 4.99 Å². The molecule has 0 spiro atoms. The van der Waals surface area contributed by atoms with Crippen molar-refractivity contribution in [1.82, 2.24) is 4.57 Å². The molecule has 0 atom stereocenters. The first-order valence-electron chi connectivity index (χ1n) is 9.60. The van der Waals surface area contributed by atoms with Gasteiger partial charge in [0.15, 0.2) is 4.80 Å². The summed E-state index contributed by atoms with van der Waals surface area (Å²) < 4.78 is 18.5. The molecule has 158 valence electrons. The van der Waals surface area contributed by atoms with Crippen molar-refractivity contribution >= 4 is 33.4 Å². The van der Waals surface area contributed by atoms with Gasteiger partial charge in [-0.05, 0) is 63.2 Å². The van der Waals surface area contributed by atoms with Gasteiger partial charge < -0.3 is 18.8 Å². The fraction of sp³-hybridized carbons (Fsp3) is 0.318. The summed E-state index contributed by atoms with van der Waals surface area (Å²) >= 11 is 1.31. The van der Waals surface area contributed by atoms with Crippen LogP contribution < -0.4 is 14.3 Å². The van der Waals surface area contributed by atoms with Crippen molar-refractivity contribution in [3.05, 3.63) is 52.8 Å². The van der Waals surface area contributed by atoms with Gasteiger partial charge in [0.25, 0.3) is 5.91 Å². The minimum atomic E-state index is -0.401. The molecular weight excluding hydrogens is 404 g/mol. The first-order chi connectivity index (χ1) is 14.4. The summed E-state index contributed by atoms with van der Waals surface area (Å²) in [4.78, 5) is 29.6. The zero-order valence-electron chi connectivity index (χ0n) is 17.4. The van der Waals surface area contributed by atoms with E-state index < -0.39 is 11.9 Å². The van der Waals surface area contributed by atoms with Crippen molar-refractivity contribution in [2.24, 2.45) is 4.99 Å². The highest BCUT2D eigenvalue weighted by Crippen LogP contribution is 2.23. The minimum Gasteiger partial charge on any atom is -0.497 e. The molecule has 0 bridgehead atoms. The van der Waals surface area contributed by atoms with Crippen LogP contribution in [0.15, 0.2) is 47.5 Å². The van der Waals surface area contributed by atoms with E-state index in [4.69, 9.17) is 14.2 Å². The third kappa shape index (κ3) is 5.07. The van der Waals surface area contributed by atoms with E-state index in [1.165, 1.54) is 11.3 Å². The normalized spacial score (nSPS) is 11.7. The quantitative estimate of drug-likeness (QED) is 0.535. The van der Waals surface area contributed by atoms with E-state index in [2.05, 4.69) is 4.99 Å². The summed E-state index contributed by atoms with van der Waals surface area (Å²) in [6, 6.07) is 12.3. The molecule has 1 heterocycles. The smallest absolute Gasteiger partial charge is 0.326 e. The number of carbonyl (C=O) groups excluding carboxylic acids is 2. The zero-order valence-corrected chi connectivity index (χ0v) is 18.2. The van der Waals surface area contributed by atoms with Gasteiger partial charge in [0, 0.05) is 5.56 Å². The van der Waals surface area contributed by atoms with E-state index in [9.17, 15) is 9.59 Å². The number of nitrogens with zero attached hydrogens (tertiary/aromatic N) is 2. The van der Waals surface area contributed by atoms with Crippen LogP contribution in [0.1, 0.15) is 31.1 Å². The number of hydrogen-bond acceptors (Lipinski definition) is 6. The van der Waals surface area contributed by atoms with Gasteiger partial charge in [-0.25, -0.2) is 0 Å². The summed E-state index contributed by atoms with van der Waals surface area (Å²) in [5, 5.41) is 0. The Kier molecular flexibility index (Phi) is 6.89. The number of esters is 1. The van der Waals surface area contributed by atoms with E-state index in [0.717, 1.165) is 10.2 Å². The van der Waals surface area contributed by atoms with Crippen molar-refractivity contribution in [3.63, 3.8) is 0 Å². The fourth-order valence-corrected chi connectivity index (χ4v) is 3.91. The first-order valence-corrected chi connectivity index (χ1v) is 10.4. The number of methoxy groups -OCH3 is 1. The van der Waals surface area contributed by atoms with Crippen LogP contribution in [0.5, 0.6) is 11.5 Å². The van der Waals surface area contributed by atoms with Crippen LogP contribution in [0.4, 0.5) is 0 Å². The summed E-state index contributed by atoms with van der Waals surface area (Å²) in [7, 11) is 1.59. The summed E-state index contributed by atoms with van der Waals surface area (Å²) in [6.07, 6.45) is 0.0496. The zero-order chi connectivity index (χ0) is 21.7. The Morgan fingerprint density at radius 3 is 2.43 bits per heavy atom. The number of hydrogen-bond donors (Lipinski definition) is 0. The summed E-state index contributed by atoms with van der Waals surface area (Å²) in [5.41, 5.74) is 1.21. The van der Waals surface area contributed by atoms with E-state index in [1.54, 1.807) is 48.9 Å². The lowest BCUT2D eigenvalue weighted by atomic mass is 10.2. The molecule has 3 aromatic rings. The second-order valence-corrected chi connectivity index (χ2v) is 7.73. The molecule has 0 saturated heterocycles. The Hall–Kier alpha value is -3.13. The van der Waals surface area contributed by atoms with Gasteiger partial charge in [0.05, 0.1) is 30.0 Å². The number of aromatic nitrogens is 1. The lowest BCUT2D eigenvalue weighted by molar-refractivity contribution is -0.143. The number of rotatable bonds is 7. The van der Waals surface area contributed by atoms with Crippen molar-refractivity contribution < 1.29 is 23.8 Å². The highest BCUT2D eigenvalue weighted by Gasteiger charge is 2.14. The van der Waals surface area contributed by atoms with Gasteiger partial charge >= 0.3 is 5.97 Å². The SMILES string of the molecule is CCOC(=O)Cn1c(=NC(=O)c2ccc(OC(C)C)cc2)sc2cc(OC)ccc21. The van der Waals surface area contributed by atoms with E-state index in [-0.39, 0.29) is 19.3 Å². The Balaban J connectivity index is 2.00. The molecule has 8 heteroatoms. The van der Waals surface area contributed by atoms with Crippen molar-refractivity contribution in [2.45, 2.75) is 33.4 Å². The average Bonchev–Trinajstić information content (AvgIpc) is 3.04. The Bertz CT molecular complexity index is 1110. The van der Waals surface area contributed by atoms with Crippen molar-refractivity contribution in [1.29, 1.82) is 0 Å². The molecule has 0 N–H and O–H groups in total. The van der Waals surface area contributed by atoms with Crippen molar-refractivity contribution in [3.8, 4) is 11.5 Å². The van der Waals surface area contributed by atoms with Crippen molar-refractivity contribution in [2.75, 3.05) is 13.7 Å². The lowest BCUT2D eigenvalue weighted by Crippen LogP contribution is -2.23. The van der Waals surface area contributed by atoms with Gasteiger partial charge in [-0.15, -0.1) is 0 Å². The molecule has 2 aromatic carbocycles. The predicted octanol–water partition coefficient (Wildman–Crippen LogP) is 3.80. The molecular formula is C22H24N2O5S. The molecule has 0 aliphatic rings. The number of thiazole rings is 1. The number of ether oxygens (including phenoxy) is 3. The van der Waals surface area contributed by atoms with Crippen LogP contribution in [0.2, 0.25) is 0 Å². The molecule has 0 aliphatic carbocycles. The second kappa shape index (κ2) is 9.58. The summed E-state index contributed by atoms with van der Waals surface area (Å²) in [5.74, 6) is 0.581. The van der Waals surface area contributed by atoms with Crippen LogP contribution in [-0.2, 0) is 16.1 Å². The molecule has 1 amide bonds. The fourth-order valence-electron chi connectivity index (χ4n) is 2.85. The second-order valence-electron chi connectivity index (χ2n) is 6.72. The van der Waals surface area contributed by atoms with Crippen LogP contribution in [0.25, 0.3) is 10.2 Å². The maximum atomic E-state index is 12.8. The number of benzene rings is 2. The maximum absolute atomic E-state index is 12.8. The van der Waals surface area contributed by atoms with Gasteiger partial charge in [-0.1, -0.05) is 11.3 Å². The molecule has 30 heavy (non-hydrogen) atoms. The largest absolute Gasteiger partial charge is 0.497 e. The number of amides is 1. The predicted molar refractivity (Wildman–Crippen MR) is 115 cm³/mol. The van der Waals surface area contributed by atoms with Gasteiger partial charge in [0.1, 0.15) is 18.0 Å². The number of carbonyl (C=O) groups is 2. The van der Waals surface area contributed by atoms with Gasteiger partial charge in [0.2, 0.25) is 0 Å². The third-order valence-electron chi connectivity index (χ3n) is 4.15. The average molecular weight is 429 g/mol. The molecule has 0 unspecified atom stereocenters. The van der Waals surface area contributed by atoms with Crippen LogP contribution >= 0.6 is 11.3 Å². The monoisotopic (exact) mass is 428 g/mol. The summed E-state index contributed by atoms with van der Waals surface area (Å²) in [6.45, 7) is 5.87. The molecule has 7 nitrogen and oxygen atoms in total. The number of fused-ring (bicyclic) bond motifs is 1. The molecule has 1 aromatic heterocycles. The third-order valence-corrected chi connectivity index (χ3v) is 5.19. The van der Waals surface area contributed by atoms with E-state index >= 15 is 0 Å². The Morgan fingerprint density at radius 2 is 1.80 bits per heavy atom. The standard InChI is InChI=1S/C22H24N2O5S/c1-5-28-20(25)13-24-18-11-10-17(27-4)12-19(18)30-22(24)23-21(26)15-6-8-16(9-7-15)29-14(2)3/h6-12,14H,5,13H2,1-4H3. The molecule has 0 radical (unpaired) electrons. The van der Waals surface area contributed by atoms with Gasteiger partial charge in [-0.3, -0.25) is 9.59 Å². The molecule has 0 fully saturated rings. The van der Waals surface area contributed by atoms with Crippen LogP contribution in [0, 0.1) is 0 Å². The lowest BCUT2D eigenvalue weighted by Gasteiger charge is -2.09. The highest BCUT2D eigenvalue weighted by atomic mass is 32.1. The Morgan fingerprint density at radius 1 is 1.10 bits per heavy atom. The first kappa shape index (κ1) is 21.6. The minimum absolute atomic E-state index is 0.0343. The van der Waals surface area contributed by atoms with Crippen LogP contribution in [-0.4, -0.2) is 36.3 Å². The van der Waals surface area contributed by atoms with E-state index in [1.807, 2.05) is 26.0 Å². The maximum Gasteiger partial charge on any atom is 0.326 e. The molecule has 0 aliphatic heterocycles. The Labute approximate surface area is 178 Å². The highest BCUT2D eigenvalue weighted by molar-refractivity contribution is 7.16. The molecule has 3 rings (SSSR count). The topological polar surface area (TPSA) is 79.1 Å².